The molecule has 2 amide bonds. The summed E-state index contributed by atoms with van der Waals surface area (Å²) in [6, 6.07) is 7.30. The van der Waals surface area contributed by atoms with E-state index in [4.69, 9.17) is 13.9 Å². The molecule has 2 aromatic heterocycles. The van der Waals surface area contributed by atoms with Crippen LogP contribution in [0, 0.1) is 0 Å². The number of carbonyl (C=O) groups is 3. The van der Waals surface area contributed by atoms with Crippen molar-refractivity contribution in [2.24, 2.45) is 0 Å². The normalized spacial score (nSPS) is 16.9. The van der Waals surface area contributed by atoms with Crippen LogP contribution in [0.15, 0.2) is 34.9 Å². The first-order valence-electron chi connectivity index (χ1n) is 10.7. The third-order valence-electron chi connectivity index (χ3n) is 5.22. The Morgan fingerprint density at radius 1 is 1.22 bits per heavy atom. The SMILES string of the molecule is CC(C)(C)OC(=O)CCCOc1ccc2c(ccc3occ([C@H]4CCC(=O)NC4=O)c32)n1. The van der Waals surface area contributed by atoms with E-state index in [0.717, 1.165) is 16.3 Å². The lowest BCUT2D eigenvalue weighted by molar-refractivity contribution is -0.155. The van der Waals surface area contributed by atoms with Crippen molar-refractivity contribution < 1.29 is 28.3 Å². The lowest BCUT2D eigenvalue weighted by atomic mass is 9.89. The van der Waals surface area contributed by atoms with Gasteiger partial charge in [-0.2, -0.15) is 0 Å². The zero-order chi connectivity index (χ0) is 22.9. The molecule has 3 heterocycles. The van der Waals surface area contributed by atoms with Crippen LogP contribution in [0.25, 0.3) is 21.9 Å². The third-order valence-corrected chi connectivity index (χ3v) is 5.22. The van der Waals surface area contributed by atoms with E-state index in [9.17, 15) is 14.4 Å². The number of imide groups is 1. The molecule has 8 nitrogen and oxygen atoms in total. The van der Waals surface area contributed by atoms with Gasteiger partial charge in [-0.15, -0.1) is 0 Å². The Labute approximate surface area is 185 Å². The molecule has 0 unspecified atom stereocenters. The van der Waals surface area contributed by atoms with Gasteiger partial charge in [0, 0.05) is 35.2 Å². The Kier molecular flexibility index (Phi) is 5.86. The minimum Gasteiger partial charge on any atom is -0.478 e. The minimum atomic E-state index is -0.497. The number of aromatic nitrogens is 1. The Balaban J connectivity index is 1.49. The maximum atomic E-state index is 12.4. The van der Waals surface area contributed by atoms with Gasteiger partial charge in [-0.1, -0.05) is 0 Å². The fourth-order valence-electron chi connectivity index (χ4n) is 3.86. The Morgan fingerprint density at radius 3 is 2.78 bits per heavy atom. The van der Waals surface area contributed by atoms with Gasteiger partial charge in [-0.3, -0.25) is 19.7 Å². The fraction of sp³-hybridized carbons (Fsp3) is 0.417. The van der Waals surface area contributed by atoms with E-state index < -0.39 is 11.5 Å². The topological polar surface area (TPSA) is 108 Å². The number of hydrogen-bond acceptors (Lipinski definition) is 7. The van der Waals surface area contributed by atoms with E-state index >= 15 is 0 Å². The number of ether oxygens (including phenoxy) is 2. The van der Waals surface area contributed by atoms with Crippen molar-refractivity contribution in [3.05, 3.63) is 36.1 Å². The molecule has 4 rings (SSSR count). The Bertz CT molecular complexity index is 1190. The van der Waals surface area contributed by atoms with Gasteiger partial charge in [0.2, 0.25) is 17.7 Å². The Hall–Kier alpha value is -3.42. The summed E-state index contributed by atoms with van der Waals surface area (Å²) in [4.78, 5) is 40.2. The summed E-state index contributed by atoms with van der Waals surface area (Å²) < 4.78 is 16.7. The molecule has 32 heavy (non-hydrogen) atoms. The summed E-state index contributed by atoms with van der Waals surface area (Å²) in [7, 11) is 0. The zero-order valence-electron chi connectivity index (χ0n) is 18.4. The summed E-state index contributed by atoms with van der Waals surface area (Å²) in [5.74, 6) is -0.802. The van der Waals surface area contributed by atoms with Crippen LogP contribution in [-0.2, 0) is 19.1 Å². The van der Waals surface area contributed by atoms with Gasteiger partial charge in [0.15, 0.2) is 0 Å². The molecule has 0 saturated carbocycles. The summed E-state index contributed by atoms with van der Waals surface area (Å²) in [5, 5.41) is 4.07. The van der Waals surface area contributed by atoms with Crippen molar-refractivity contribution in [1.82, 2.24) is 10.3 Å². The van der Waals surface area contributed by atoms with Crippen molar-refractivity contribution in [1.29, 1.82) is 0 Å². The van der Waals surface area contributed by atoms with Crippen molar-refractivity contribution in [2.75, 3.05) is 6.61 Å². The second-order valence-electron chi connectivity index (χ2n) is 8.89. The molecule has 1 aromatic carbocycles. The highest BCUT2D eigenvalue weighted by Crippen LogP contribution is 2.36. The number of furan rings is 1. The molecule has 1 N–H and O–H groups in total. The van der Waals surface area contributed by atoms with Gasteiger partial charge >= 0.3 is 5.97 Å². The summed E-state index contributed by atoms with van der Waals surface area (Å²) in [6.07, 6.45) is 3.13. The van der Waals surface area contributed by atoms with Crippen LogP contribution in [-0.4, -0.2) is 35.0 Å². The average Bonchev–Trinajstić information content (AvgIpc) is 3.14. The standard InChI is InChI=1S/C24H26N2O6/c1-24(2,3)32-21(28)5-4-12-30-20-11-7-15-17(25-20)8-9-18-22(15)16(13-31-18)14-6-10-19(27)26-23(14)29/h7-9,11,13-14H,4-6,10,12H2,1-3H3,(H,26,27,29)/t14-/m1/s1. The number of carbonyl (C=O) groups excluding carboxylic acids is 3. The van der Waals surface area contributed by atoms with Gasteiger partial charge in [-0.25, -0.2) is 4.98 Å². The molecule has 1 aliphatic heterocycles. The number of esters is 1. The highest BCUT2D eigenvalue weighted by atomic mass is 16.6. The maximum Gasteiger partial charge on any atom is 0.306 e. The van der Waals surface area contributed by atoms with E-state index in [-0.39, 0.29) is 24.2 Å². The summed E-state index contributed by atoms with van der Waals surface area (Å²) in [6.45, 7) is 5.85. The van der Waals surface area contributed by atoms with Crippen LogP contribution in [0.2, 0.25) is 0 Å². The number of fused-ring (bicyclic) bond motifs is 3. The molecule has 3 aromatic rings. The lowest BCUT2D eigenvalue weighted by Crippen LogP contribution is -2.39. The summed E-state index contributed by atoms with van der Waals surface area (Å²) >= 11 is 0. The van der Waals surface area contributed by atoms with Crippen LogP contribution >= 0.6 is 0 Å². The molecular formula is C24H26N2O6. The quantitative estimate of drug-likeness (QED) is 0.352. The first-order valence-corrected chi connectivity index (χ1v) is 10.7. The molecule has 168 valence electrons. The highest BCUT2D eigenvalue weighted by molar-refractivity contribution is 6.09. The van der Waals surface area contributed by atoms with Crippen LogP contribution in [0.3, 0.4) is 0 Å². The number of nitrogens with one attached hydrogen (secondary N) is 1. The monoisotopic (exact) mass is 438 g/mol. The van der Waals surface area contributed by atoms with E-state index in [1.807, 2.05) is 39.0 Å². The number of nitrogens with zero attached hydrogens (tertiary/aromatic N) is 1. The van der Waals surface area contributed by atoms with Crippen LogP contribution in [0.5, 0.6) is 5.88 Å². The summed E-state index contributed by atoms with van der Waals surface area (Å²) in [5.41, 5.74) is 1.62. The van der Waals surface area contributed by atoms with Gasteiger partial charge < -0.3 is 13.9 Å². The fourth-order valence-corrected chi connectivity index (χ4v) is 3.86. The average molecular weight is 438 g/mol. The molecule has 0 spiro atoms. The molecule has 0 bridgehead atoms. The van der Waals surface area contributed by atoms with Crippen molar-refractivity contribution in [3.8, 4) is 5.88 Å². The van der Waals surface area contributed by atoms with Gasteiger partial charge in [0.05, 0.1) is 24.3 Å². The number of piperidine rings is 1. The van der Waals surface area contributed by atoms with Gasteiger partial charge in [0.1, 0.15) is 11.2 Å². The molecule has 1 aliphatic rings. The van der Waals surface area contributed by atoms with E-state index in [1.54, 1.807) is 12.3 Å². The number of amides is 2. The van der Waals surface area contributed by atoms with Crippen LogP contribution in [0.1, 0.15) is 57.9 Å². The Morgan fingerprint density at radius 2 is 2.03 bits per heavy atom. The molecule has 1 saturated heterocycles. The first kappa shape index (κ1) is 21.8. The molecule has 0 aliphatic carbocycles. The predicted molar refractivity (Wildman–Crippen MR) is 117 cm³/mol. The molecule has 8 heteroatoms. The van der Waals surface area contributed by atoms with E-state index in [0.29, 0.717) is 42.8 Å². The maximum absolute atomic E-state index is 12.4. The number of pyridine rings is 1. The first-order chi connectivity index (χ1) is 15.2. The molecular weight excluding hydrogens is 412 g/mol. The molecule has 1 fully saturated rings. The number of benzene rings is 1. The minimum absolute atomic E-state index is 0.251. The van der Waals surface area contributed by atoms with Gasteiger partial charge in [0.25, 0.3) is 0 Å². The van der Waals surface area contributed by atoms with Crippen molar-refractivity contribution in [2.45, 2.75) is 58.0 Å². The van der Waals surface area contributed by atoms with Crippen LogP contribution < -0.4 is 10.1 Å². The number of rotatable bonds is 6. The predicted octanol–water partition coefficient (Wildman–Crippen LogP) is 4.00. The zero-order valence-corrected chi connectivity index (χ0v) is 18.4. The smallest absolute Gasteiger partial charge is 0.306 e. The molecule has 0 radical (unpaired) electrons. The second-order valence-corrected chi connectivity index (χ2v) is 8.89. The highest BCUT2D eigenvalue weighted by Gasteiger charge is 2.31. The molecule has 1 atom stereocenters. The van der Waals surface area contributed by atoms with Crippen molar-refractivity contribution >= 4 is 39.7 Å². The van der Waals surface area contributed by atoms with Crippen LogP contribution in [0.4, 0.5) is 0 Å². The van der Waals surface area contributed by atoms with Gasteiger partial charge in [-0.05, 0) is 51.8 Å². The van der Waals surface area contributed by atoms with E-state index in [2.05, 4.69) is 10.3 Å². The van der Waals surface area contributed by atoms with Crippen molar-refractivity contribution in [3.63, 3.8) is 0 Å². The lowest BCUT2D eigenvalue weighted by Gasteiger charge is -2.20. The third kappa shape index (κ3) is 4.74. The number of hydrogen-bond donors (Lipinski definition) is 1. The second kappa shape index (κ2) is 8.61. The largest absolute Gasteiger partial charge is 0.478 e. The van der Waals surface area contributed by atoms with E-state index in [1.165, 1.54) is 0 Å².